The van der Waals surface area contributed by atoms with E-state index in [-0.39, 0.29) is 5.54 Å². The molecule has 0 bridgehead atoms. The minimum Gasteiger partial charge on any atom is -0.365 e. The van der Waals surface area contributed by atoms with Crippen LogP contribution in [0.1, 0.15) is 25.7 Å². The molecule has 1 aliphatic rings. The third-order valence-corrected chi connectivity index (χ3v) is 4.28. The average Bonchev–Trinajstić information content (AvgIpc) is 3.06. The van der Waals surface area contributed by atoms with E-state index in [2.05, 4.69) is 39.5 Å². The number of nitrogens with zero attached hydrogens (tertiary/aromatic N) is 5. The minimum absolute atomic E-state index is 0.245. The number of hydrogen-bond donors (Lipinski definition) is 1. The van der Waals surface area contributed by atoms with Gasteiger partial charge in [-0.2, -0.15) is 0 Å². The molecule has 0 spiro atoms. The Balaban J connectivity index is 1.80. The Labute approximate surface area is 112 Å². The van der Waals surface area contributed by atoms with Gasteiger partial charge in [0.2, 0.25) is 5.65 Å². The molecule has 2 aromatic rings. The Kier molecular flexibility index (Phi) is 3.10. The first-order valence-corrected chi connectivity index (χ1v) is 6.77. The maximum Gasteiger partial charge on any atom is 0.203 e. The number of rotatable bonds is 4. The van der Waals surface area contributed by atoms with Crippen LogP contribution in [0, 0.1) is 0 Å². The van der Waals surface area contributed by atoms with Gasteiger partial charge >= 0.3 is 0 Å². The van der Waals surface area contributed by atoms with Crippen LogP contribution in [0.15, 0.2) is 18.7 Å². The fourth-order valence-corrected chi connectivity index (χ4v) is 2.95. The van der Waals surface area contributed by atoms with Crippen LogP contribution < -0.4 is 5.32 Å². The molecule has 102 valence electrons. The number of fused-ring (bicyclic) bond motifs is 1. The van der Waals surface area contributed by atoms with Crippen molar-refractivity contribution < 1.29 is 0 Å². The van der Waals surface area contributed by atoms with Crippen LogP contribution in [0.25, 0.3) is 5.65 Å². The van der Waals surface area contributed by atoms with Gasteiger partial charge in [-0.25, -0.2) is 4.98 Å². The second-order valence-corrected chi connectivity index (χ2v) is 5.52. The first-order chi connectivity index (χ1) is 9.21. The summed E-state index contributed by atoms with van der Waals surface area (Å²) in [4.78, 5) is 6.72. The molecule has 0 unspecified atom stereocenters. The smallest absolute Gasteiger partial charge is 0.203 e. The highest BCUT2D eigenvalue weighted by Gasteiger charge is 2.35. The number of nitrogens with one attached hydrogen (secondary N) is 1. The summed E-state index contributed by atoms with van der Waals surface area (Å²) in [5.41, 5.74) is 1.03. The zero-order valence-corrected chi connectivity index (χ0v) is 11.5. The van der Waals surface area contributed by atoms with Crippen LogP contribution in [0.4, 0.5) is 5.82 Å². The second-order valence-electron chi connectivity index (χ2n) is 5.52. The fraction of sp³-hybridized carbons (Fsp3) is 0.615. The van der Waals surface area contributed by atoms with Crippen LogP contribution in [0.3, 0.4) is 0 Å². The Morgan fingerprint density at radius 3 is 2.89 bits per heavy atom. The standard InChI is InChI=1S/C13H20N6/c1-18(2)13(5-3-4-6-13)9-15-11-12-17-16-10-19(12)8-7-14-11/h7-8,10H,3-6,9H2,1-2H3,(H,14,15). The normalized spacial score (nSPS) is 18.3. The van der Waals surface area contributed by atoms with Gasteiger partial charge in [0.15, 0.2) is 5.82 Å². The van der Waals surface area contributed by atoms with Gasteiger partial charge in [0.25, 0.3) is 0 Å². The summed E-state index contributed by atoms with van der Waals surface area (Å²) in [5.74, 6) is 0.813. The Hall–Kier alpha value is -1.69. The SMILES string of the molecule is CN(C)C1(CNc2nccn3cnnc23)CCCC1. The van der Waals surface area contributed by atoms with Gasteiger partial charge in [0.1, 0.15) is 6.33 Å². The molecule has 3 rings (SSSR count). The maximum atomic E-state index is 4.38. The van der Waals surface area contributed by atoms with E-state index in [4.69, 9.17) is 0 Å². The molecule has 0 atom stereocenters. The highest BCUT2D eigenvalue weighted by atomic mass is 15.3. The molecule has 0 amide bonds. The lowest BCUT2D eigenvalue weighted by molar-refractivity contribution is 0.172. The van der Waals surface area contributed by atoms with Crippen LogP contribution in [-0.2, 0) is 0 Å². The van der Waals surface area contributed by atoms with Gasteiger partial charge < -0.3 is 10.2 Å². The molecule has 6 heteroatoms. The summed E-state index contributed by atoms with van der Waals surface area (Å²) in [7, 11) is 4.33. The first-order valence-electron chi connectivity index (χ1n) is 6.77. The van der Waals surface area contributed by atoms with Crippen molar-refractivity contribution in [2.75, 3.05) is 26.0 Å². The maximum absolute atomic E-state index is 4.38. The summed E-state index contributed by atoms with van der Waals surface area (Å²) in [6.45, 7) is 0.902. The number of aromatic nitrogens is 4. The first kappa shape index (κ1) is 12.3. The molecule has 0 aliphatic heterocycles. The van der Waals surface area contributed by atoms with Crippen molar-refractivity contribution in [2.45, 2.75) is 31.2 Å². The van der Waals surface area contributed by atoms with Gasteiger partial charge in [-0.05, 0) is 26.9 Å². The molecule has 0 radical (unpaired) electrons. The second kappa shape index (κ2) is 4.77. The molecule has 1 fully saturated rings. The Bertz CT molecular complexity index is 555. The molecule has 19 heavy (non-hydrogen) atoms. The highest BCUT2D eigenvalue weighted by Crippen LogP contribution is 2.33. The summed E-state index contributed by atoms with van der Waals surface area (Å²) in [6, 6.07) is 0. The average molecular weight is 260 g/mol. The van der Waals surface area contributed by atoms with E-state index in [1.807, 2.05) is 10.6 Å². The predicted molar refractivity (Wildman–Crippen MR) is 74.2 cm³/mol. The van der Waals surface area contributed by atoms with Crippen molar-refractivity contribution in [3.8, 4) is 0 Å². The van der Waals surface area contributed by atoms with Crippen molar-refractivity contribution in [2.24, 2.45) is 0 Å². The van der Waals surface area contributed by atoms with E-state index < -0.39 is 0 Å². The Morgan fingerprint density at radius 2 is 2.16 bits per heavy atom. The summed E-state index contributed by atoms with van der Waals surface area (Å²) < 4.78 is 1.88. The molecule has 2 aromatic heterocycles. The number of likely N-dealkylation sites (N-methyl/N-ethyl adjacent to an activating group) is 1. The summed E-state index contributed by atoms with van der Waals surface area (Å²) >= 11 is 0. The van der Waals surface area contributed by atoms with Crippen LogP contribution in [0.2, 0.25) is 0 Å². The lowest BCUT2D eigenvalue weighted by Crippen LogP contribution is -2.47. The van der Waals surface area contributed by atoms with E-state index in [0.29, 0.717) is 0 Å². The third kappa shape index (κ3) is 2.16. The van der Waals surface area contributed by atoms with Crippen molar-refractivity contribution in [1.29, 1.82) is 0 Å². The highest BCUT2D eigenvalue weighted by molar-refractivity contribution is 5.61. The van der Waals surface area contributed by atoms with E-state index in [1.54, 1.807) is 12.5 Å². The molecule has 0 saturated heterocycles. The van der Waals surface area contributed by atoms with Gasteiger partial charge in [-0.15, -0.1) is 10.2 Å². The van der Waals surface area contributed by atoms with E-state index in [9.17, 15) is 0 Å². The van der Waals surface area contributed by atoms with E-state index in [0.717, 1.165) is 18.0 Å². The quantitative estimate of drug-likeness (QED) is 0.900. The molecular weight excluding hydrogens is 240 g/mol. The van der Waals surface area contributed by atoms with Crippen molar-refractivity contribution in [3.63, 3.8) is 0 Å². The van der Waals surface area contributed by atoms with Gasteiger partial charge in [0, 0.05) is 24.5 Å². The zero-order valence-electron chi connectivity index (χ0n) is 11.5. The number of anilines is 1. The largest absolute Gasteiger partial charge is 0.365 e. The summed E-state index contributed by atoms with van der Waals surface area (Å²) in [6.07, 6.45) is 10.4. The summed E-state index contributed by atoms with van der Waals surface area (Å²) in [5, 5.41) is 11.5. The van der Waals surface area contributed by atoms with Crippen LogP contribution >= 0.6 is 0 Å². The molecular formula is C13H20N6. The molecule has 1 aliphatic carbocycles. The van der Waals surface area contributed by atoms with Crippen molar-refractivity contribution in [1.82, 2.24) is 24.5 Å². The molecule has 1 saturated carbocycles. The zero-order chi connectivity index (χ0) is 13.3. The lowest BCUT2D eigenvalue weighted by atomic mass is 9.96. The van der Waals surface area contributed by atoms with Gasteiger partial charge in [0.05, 0.1) is 0 Å². The van der Waals surface area contributed by atoms with Gasteiger partial charge in [-0.3, -0.25) is 4.40 Å². The third-order valence-electron chi connectivity index (χ3n) is 4.28. The monoisotopic (exact) mass is 260 g/mol. The van der Waals surface area contributed by atoms with Crippen LogP contribution in [-0.4, -0.2) is 50.7 Å². The fourth-order valence-electron chi connectivity index (χ4n) is 2.95. The van der Waals surface area contributed by atoms with Crippen molar-refractivity contribution in [3.05, 3.63) is 18.7 Å². The lowest BCUT2D eigenvalue weighted by Gasteiger charge is -2.36. The Morgan fingerprint density at radius 1 is 1.37 bits per heavy atom. The van der Waals surface area contributed by atoms with Crippen molar-refractivity contribution >= 4 is 11.5 Å². The predicted octanol–water partition coefficient (Wildman–Crippen LogP) is 1.41. The molecule has 2 heterocycles. The topological polar surface area (TPSA) is 58.4 Å². The van der Waals surface area contributed by atoms with E-state index in [1.165, 1.54) is 25.7 Å². The number of hydrogen-bond acceptors (Lipinski definition) is 5. The van der Waals surface area contributed by atoms with Crippen LogP contribution in [0.5, 0.6) is 0 Å². The molecule has 0 aromatic carbocycles. The molecule has 1 N–H and O–H groups in total. The minimum atomic E-state index is 0.245. The van der Waals surface area contributed by atoms with E-state index >= 15 is 0 Å². The van der Waals surface area contributed by atoms with Gasteiger partial charge in [-0.1, -0.05) is 12.8 Å². The molecule has 6 nitrogen and oxygen atoms in total.